The van der Waals surface area contributed by atoms with Crippen LogP contribution in [0.5, 0.6) is 0 Å². The van der Waals surface area contributed by atoms with Gasteiger partial charge in [0.2, 0.25) is 5.95 Å². The topological polar surface area (TPSA) is 95.8 Å². The molecule has 150 valence electrons. The highest BCUT2D eigenvalue weighted by atomic mass is 35.5. The first-order chi connectivity index (χ1) is 14.5. The van der Waals surface area contributed by atoms with E-state index in [9.17, 15) is 0 Å². The zero-order valence-corrected chi connectivity index (χ0v) is 17.2. The molecule has 0 amide bonds. The fourth-order valence-corrected chi connectivity index (χ4v) is 3.46. The van der Waals surface area contributed by atoms with Crippen LogP contribution >= 0.6 is 11.6 Å². The second-order valence-electron chi connectivity index (χ2n) is 7.11. The Labute approximate surface area is 177 Å². The zero-order chi connectivity index (χ0) is 20.7. The second kappa shape index (κ2) is 7.31. The van der Waals surface area contributed by atoms with Gasteiger partial charge in [-0.2, -0.15) is 9.50 Å². The number of aromatic amines is 1. The largest absolute Gasteiger partial charge is 0.364 e. The van der Waals surface area contributed by atoms with Crippen LogP contribution in [0.25, 0.3) is 16.7 Å². The van der Waals surface area contributed by atoms with Crippen LogP contribution in [0.15, 0.2) is 48.8 Å². The molecule has 5 aromatic rings. The third kappa shape index (κ3) is 3.53. The van der Waals surface area contributed by atoms with Crippen molar-refractivity contribution in [3.05, 3.63) is 70.8 Å². The standard InChI is InChI=1S/C21H19ClN8/c1-12-3-4-15(22)9-17(12)27-20-28-21-26-13(2)7-19(30(21)29-20)25-10-16-8-14-5-6-23-18(14)11-24-16/h3-9,11,23,25H,10H2,1-2H3,(H,27,29). The summed E-state index contributed by atoms with van der Waals surface area (Å²) in [5, 5.41) is 13.0. The van der Waals surface area contributed by atoms with Gasteiger partial charge in [-0.05, 0) is 43.7 Å². The summed E-state index contributed by atoms with van der Waals surface area (Å²) in [4.78, 5) is 16.7. The number of benzene rings is 1. The highest BCUT2D eigenvalue weighted by molar-refractivity contribution is 6.30. The Kier molecular flexibility index (Phi) is 4.48. The molecule has 0 saturated carbocycles. The first-order valence-electron chi connectivity index (χ1n) is 9.49. The van der Waals surface area contributed by atoms with Crippen LogP contribution in [0.1, 0.15) is 17.0 Å². The Morgan fingerprint density at radius 2 is 2.00 bits per heavy atom. The SMILES string of the molecule is Cc1cc(NCc2cc3cc[nH]c3cn2)n2nc(Nc3cc(Cl)ccc3C)nc2n1. The van der Waals surface area contributed by atoms with Gasteiger partial charge in [0.15, 0.2) is 0 Å². The number of anilines is 3. The van der Waals surface area contributed by atoms with E-state index in [0.717, 1.165) is 39.4 Å². The minimum atomic E-state index is 0.452. The molecule has 0 saturated heterocycles. The van der Waals surface area contributed by atoms with Crippen molar-refractivity contribution in [2.75, 3.05) is 10.6 Å². The van der Waals surface area contributed by atoms with Crippen molar-refractivity contribution in [1.82, 2.24) is 29.5 Å². The van der Waals surface area contributed by atoms with Crippen LogP contribution in [-0.2, 0) is 6.54 Å². The van der Waals surface area contributed by atoms with Crippen LogP contribution in [0.2, 0.25) is 5.02 Å². The maximum Gasteiger partial charge on any atom is 0.256 e. The van der Waals surface area contributed by atoms with Gasteiger partial charge < -0.3 is 15.6 Å². The molecule has 5 rings (SSSR count). The third-order valence-electron chi connectivity index (χ3n) is 4.83. The van der Waals surface area contributed by atoms with Gasteiger partial charge in [0.1, 0.15) is 5.82 Å². The second-order valence-corrected chi connectivity index (χ2v) is 7.54. The number of hydrogen-bond acceptors (Lipinski definition) is 6. The van der Waals surface area contributed by atoms with E-state index in [-0.39, 0.29) is 0 Å². The van der Waals surface area contributed by atoms with Crippen molar-refractivity contribution >= 4 is 45.7 Å². The molecule has 0 aliphatic heterocycles. The van der Waals surface area contributed by atoms with Crippen LogP contribution in [-0.4, -0.2) is 29.5 Å². The van der Waals surface area contributed by atoms with Crippen molar-refractivity contribution in [3.63, 3.8) is 0 Å². The molecule has 4 aromatic heterocycles. The van der Waals surface area contributed by atoms with Crippen LogP contribution in [0.3, 0.4) is 0 Å². The Balaban J connectivity index is 1.43. The van der Waals surface area contributed by atoms with E-state index >= 15 is 0 Å². The molecule has 1 aromatic carbocycles. The Morgan fingerprint density at radius 1 is 1.10 bits per heavy atom. The molecular formula is C21H19ClN8. The fraction of sp³-hybridized carbons (Fsp3) is 0.143. The highest BCUT2D eigenvalue weighted by Gasteiger charge is 2.12. The summed E-state index contributed by atoms with van der Waals surface area (Å²) in [6.45, 7) is 4.48. The van der Waals surface area contributed by atoms with Gasteiger partial charge >= 0.3 is 0 Å². The van der Waals surface area contributed by atoms with E-state index in [0.29, 0.717) is 23.3 Å². The highest BCUT2D eigenvalue weighted by Crippen LogP contribution is 2.23. The number of nitrogens with zero attached hydrogens (tertiary/aromatic N) is 5. The lowest BCUT2D eigenvalue weighted by molar-refractivity contribution is 0.911. The molecule has 9 heteroatoms. The summed E-state index contributed by atoms with van der Waals surface area (Å²) >= 11 is 6.12. The van der Waals surface area contributed by atoms with E-state index in [4.69, 9.17) is 11.6 Å². The van der Waals surface area contributed by atoms with E-state index in [1.54, 1.807) is 4.52 Å². The van der Waals surface area contributed by atoms with Gasteiger partial charge in [-0.1, -0.05) is 17.7 Å². The molecule has 0 radical (unpaired) electrons. The predicted molar refractivity (Wildman–Crippen MR) is 118 cm³/mol. The number of pyridine rings is 1. The minimum absolute atomic E-state index is 0.452. The number of hydrogen-bond donors (Lipinski definition) is 3. The van der Waals surface area contributed by atoms with Crippen molar-refractivity contribution in [3.8, 4) is 0 Å². The van der Waals surface area contributed by atoms with E-state index in [1.807, 2.05) is 56.6 Å². The van der Waals surface area contributed by atoms with Gasteiger partial charge in [0.05, 0.1) is 24.0 Å². The summed E-state index contributed by atoms with van der Waals surface area (Å²) in [6, 6.07) is 11.7. The fourth-order valence-electron chi connectivity index (χ4n) is 3.29. The molecule has 0 spiro atoms. The average Bonchev–Trinajstić information content (AvgIpc) is 3.34. The number of nitrogens with one attached hydrogen (secondary N) is 3. The lowest BCUT2D eigenvalue weighted by atomic mass is 10.2. The molecule has 0 aliphatic carbocycles. The predicted octanol–water partition coefficient (Wildman–Crippen LogP) is 4.63. The van der Waals surface area contributed by atoms with E-state index in [1.165, 1.54) is 0 Å². The van der Waals surface area contributed by atoms with Crippen LogP contribution in [0, 0.1) is 13.8 Å². The summed E-state index contributed by atoms with van der Waals surface area (Å²) in [7, 11) is 0. The number of H-pyrrole nitrogens is 1. The van der Waals surface area contributed by atoms with Gasteiger partial charge in [0.25, 0.3) is 5.78 Å². The number of rotatable bonds is 5. The van der Waals surface area contributed by atoms with E-state index < -0.39 is 0 Å². The molecule has 0 fully saturated rings. The maximum atomic E-state index is 6.12. The lowest BCUT2D eigenvalue weighted by Gasteiger charge is -2.08. The molecule has 3 N–H and O–H groups in total. The van der Waals surface area contributed by atoms with Crippen molar-refractivity contribution < 1.29 is 0 Å². The maximum absolute atomic E-state index is 6.12. The molecular weight excluding hydrogens is 400 g/mol. The molecule has 4 heterocycles. The minimum Gasteiger partial charge on any atom is -0.364 e. The number of aryl methyl sites for hydroxylation is 2. The average molecular weight is 419 g/mol. The molecule has 30 heavy (non-hydrogen) atoms. The first-order valence-corrected chi connectivity index (χ1v) is 9.86. The van der Waals surface area contributed by atoms with Gasteiger partial charge in [0, 0.05) is 34.1 Å². The number of fused-ring (bicyclic) bond motifs is 2. The molecule has 8 nitrogen and oxygen atoms in total. The normalized spacial score (nSPS) is 11.3. The molecule has 0 atom stereocenters. The summed E-state index contributed by atoms with van der Waals surface area (Å²) in [5.41, 5.74) is 4.69. The van der Waals surface area contributed by atoms with Gasteiger partial charge in [-0.25, -0.2) is 4.98 Å². The smallest absolute Gasteiger partial charge is 0.256 e. The quantitative estimate of drug-likeness (QED) is 0.385. The molecule has 0 bridgehead atoms. The summed E-state index contributed by atoms with van der Waals surface area (Å²) in [5.74, 6) is 1.75. The Bertz CT molecular complexity index is 1370. The zero-order valence-electron chi connectivity index (χ0n) is 16.4. The van der Waals surface area contributed by atoms with Gasteiger partial charge in [-0.3, -0.25) is 4.98 Å². The summed E-state index contributed by atoms with van der Waals surface area (Å²) < 4.78 is 1.68. The number of aromatic nitrogens is 6. The van der Waals surface area contributed by atoms with Crippen molar-refractivity contribution in [1.29, 1.82) is 0 Å². The Morgan fingerprint density at radius 3 is 2.90 bits per heavy atom. The van der Waals surface area contributed by atoms with Gasteiger partial charge in [-0.15, -0.1) is 5.10 Å². The van der Waals surface area contributed by atoms with E-state index in [2.05, 4.69) is 41.7 Å². The Hall–Kier alpha value is -3.65. The number of halogens is 1. The summed E-state index contributed by atoms with van der Waals surface area (Å²) in [6.07, 6.45) is 3.75. The molecule has 0 unspecified atom stereocenters. The first kappa shape index (κ1) is 18.4. The molecule has 0 aliphatic rings. The monoisotopic (exact) mass is 418 g/mol. The lowest BCUT2D eigenvalue weighted by Crippen LogP contribution is -2.08. The van der Waals surface area contributed by atoms with Crippen molar-refractivity contribution in [2.24, 2.45) is 0 Å². The van der Waals surface area contributed by atoms with Crippen molar-refractivity contribution in [2.45, 2.75) is 20.4 Å². The third-order valence-corrected chi connectivity index (χ3v) is 5.07. The van der Waals surface area contributed by atoms with Crippen LogP contribution in [0.4, 0.5) is 17.5 Å². The van der Waals surface area contributed by atoms with Crippen LogP contribution < -0.4 is 10.6 Å².